The first-order chi connectivity index (χ1) is 11.8. The first-order valence-electron chi connectivity index (χ1n) is 8.22. The zero-order chi connectivity index (χ0) is 18.6. The lowest BCUT2D eigenvalue weighted by Crippen LogP contribution is -2.47. The standard InChI is InChI=1S/C20H23ClN2O2/c1-12(2)18(23-19(24)15-6-8-16(21)9-7-15)20(25)22-17-10-5-13(3)14(4)11-17/h5-12,18H,1-4H3,(H,22,25)(H,23,24)/t18-/m0/s1. The molecule has 4 nitrogen and oxygen atoms in total. The molecular formula is C20H23ClN2O2. The Hall–Kier alpha value is -2.33. The van der Waals surface area contributed by atoms with Crippen molar-refractivity contribution < 1.29 is 9.59 Å². The maximum atomic E-state index is 12.6. The molecule has 0 aliphatic rings. The van der Waals surface area contributed by atoms with Gasteiger partial charge in [-0.15, -0.1) is 0 Å². The zero-order valence-corrected chi connectivity index (χ0v) is 15.6. The molecule has 132 valence electrons. The largest absolute Gasteiger partial charge is 0.340 e. The molecule has 0 fully saturated rings. The van der Waals surface area contributed by atoms with E-state index in [1.165, 1.54) is 0 Å². The molecule has 0 saturated carbocycles. The third kappa shape index (κ3) is 5.07. The van der Waals surface area contributed by atoms with Crippen LogP contribution in [0.5, 0.6) is 0 Å². The van der Waals surface area contributed by atoms with E-state index in [1.54, 1.807) is 24.3 Å². The Labute approximate surface area is 153 Å². The number of amides is 2. The summed E-state index contributed by atoms with van der Waals surface area (Å²) in [6.07, 6.45) is 0. The molecule has 0 saturated heterocycles. The number of anilines is 1. The van der Waals surface area contributed by atoms with Gasteiger partial charge in [-0.25, -0.2) is 0 Å². The molecule has 0 radical (unpaired) electrons. The van der Waals surface area contributed by atoms with Crippen molar-refractivity contribution in [3.8, 4) is 0 Å². The molecule has 0 aliphatic carbocycles. The molecular weight excluding hydrogens is 336 g/mol. The maximum absolute atomic E-state index is 12.6. The molecule has 1 atom stereocenters. The highest BCUT2D eigenvalue weighted by Gasteiger charge is 2.24. The summed E-state index contributed by atoms with van der Waals surface area (Å²) in [4.78, 5) is 25.0. The second-order valence-electron chi connectivity index (χ2n) is 6.49. The van der Waals surface area contributed by atoms with Crippen molar-refractivity contribution in [1.82, 2.24) is 5.32 Å². The fourth-order valence-corrected chi connectivity index (χ4v) is 2.53. The lowest BCUT2D eigenvalue weighted by atomic mass is 10.0. The van der Waals surface area contributed by atoms with Gasteiger partial charge in [0.25, 0.3) is 5.91 Å². The van der Waals surface area contributed by atoms with Crippen molar-refractivity contribution in [1.29, 1.82) is 0 Å². The highest BCUT2D eigenvalue weighted by atomic mass is 35.5. The summed E-state index contributed by atoms with van der Waals surface area (Å²) in [6.45, 7) is 7.80. The van der Waals surface area contributed by atoms with Crippen LogP contribution in [0.15, 0.2) is 42.5 Å². The van der Waals surface area contributed by atoms with E-state index in [-0.39, 0.29) is 17.7 Å². The Balaban J connectivity index is 2.11. The summed E-state index contributed by atoms with van der Waals surface area (Å²) in [5.74, 6) is -0.589. The fraction of sp³-hybridized carbons (Fsp3) is 0.300. The lowest BCUT2D eigenvalue weighted by molar-refractivity contribution is -0.118. The molecule has 0 spiro atoms. The van der Waals surface area contributed by atoms with Gasteiger partial charge in [-0.3, -0.25) is 9.59 Å². The van der Waals surface area contributed by atoms with Crippen molar-refractivity contribution in [3.05, 3.63) is 64.2 Å². The van der Waals surface area contributed by atoms with Crippen LogP contribution in [-0.4, -0.2) is 17.9 Å². The second kappa shape index (κ2) is 8.17. The van der Waals surface area contributed by atoms with Crippen molar-refractivity contribution in [2.24, 2.45) is 5.92 Å². The van der Waals surface area contributed by atoms with Gasteiger partial charge in [0.2, 0.25) is 5.91 Å². The van der Waals surface area contributed by atoms with E-state index in [2.05, 4.69) is 10.6 Å². The van der Waals surface area contributed by atoms with E-state index in [9.17, 15) is 9.59 Å². The predicted molar refractivity (Wildman–Crippen MR) is 102 cm³/mol. The van der Waals surface area contributed by atoms with E-state index in [0.29, 0.717) is 10.6 Å². The summed E-state index contributed by atoms with van der Waals surface area (Å²) < 4.78 is 0. The first-order valence-corrected chi connectivity index (χ1v) is 8.60. The van der Waals surface area contributed by atoms with E-state index < -0.39 is 6.04 Å². The van der Waals surface area contributed by atoms with Gasteiger partial charge < -0.3 is 10.6 Å². The van der Waals surface area contributed by atoms with Crippen molar-refractivity contribution in [3.63, 3.8) is 0 Å². The number of aryl methyl sites for hydroxylation is 2. The average molecular weight is 359 g/mol. The van der Waals surface area contributed by atoms with Crippen LogP contribution in [0.3, 0.4) is 0 Å². The van der Waals surface area contributed by atoms with Gasteiger partial charge in [0, 0.05) is 16.3 Å². The number of benzene rings is 2. The number of halogens is 1. The number of carbonyl (C=O) groups excluding carboxylic acids is 2. The number of nitrogens with one attached hydrogen (secondary N) is 2. The summed E-state index contributed by atoms with van der Waals surface area (Å²) in [5, 5.41) is 6.25. The van der Waals surface area contributed by atoms with E-state index in [4.69, 9.17) is 11.6 Å². The Morgan fingerprint density at radius 3 is 2.16 bits per heavy atom. The number of carbonyl (C=O) groups is 2. The first kappa shape index (κ1) is 19.0. The third-order valence-corrected chi connectivity index (χ3v) is 4.37. The van der Waals surface area contributed by atoms with Gasteiger partial charge in [0.05, 0.1) is 0 Å². The smallest absolute Gasteiger partial charge is 0.251 e. The molecule has 2 rings (SSSR count). The Morgan fingerprint density at radius 2 is 1.60 bits per heavy atom. The SMILES string of the molecule is Cc1ccc(NC(=O)[C@@H](NC(=O)c2ccc(Cl)cc2)C(C)C)cc1C. The van der Waals surface area contributed by atoms with Gasteiger partial charge >= 0.3 is 0 Å². The average Bonchev–Trinajstić information content (AvgIpc) is 2.56. The van der Waals surface area contributed by atoms with E-state index in [0.717, 1.165) is 16.8 Å². The normalized spacial score (nSPS) is 11.9. The fourth-order valence-electron chi connectivity index (χ4n) is 2.40. The minimum atomic E-state index is -0.634. The zero-order valence-electron chi connectivity index (χ0n) is 14.9. The summed E-state index contributed by atoms with van der Waals surface area (Å²) in [6, 6.07) is 11.7. The third-order valence-electron chi connectivity index (χ3n) is 4.12. The molecule has 2 aromatic carbocycles. The van der Waals surface area contributed by atoms with Gasteiger partial charge in [-0.05, 0) is 67.3 Å². The monoisotopic (exact) mass is 358 g/mol. The van der Waals surface area contributed by atoms with Crippen LogP contribution in [-0.2, 0) is 4.79 Å². The summed E-state index contributed by atoms with van der Waals surface area (Å²) in [5.41, 5.74) is 3.45. The van der Waals surface area contributed by atoms with E-state index >= 15 is 0 Å². The van der Waals surface area contributed by atoms with Gasteiger partial charge in [0.1, 0.15) is 6.04 Å². The molecule has 2 aromatic rings. The molecule has 0 aliphatic heterocycles. The van der Waals surface area contributed by atoms with Crippen LogP contribution < -0.4 is 10.6 Å². The van der Waals surface area contributed by atoms with Crippen molar-refractivity contribution in [2.75, 3.05) is 5.32 Å². The Morgan fingerprint density at radius 1 is 0.960 bits per heavy atom. The van der Waals surface area contributed by atoms with Crippen LogP contribution in [0, 0.1) is 19.8 Å². The maximum Gasteiger partial charge on any atom is 0.251 e. The molecule has 5 heteroatoms. The minimum Gasteiger partial charge on any atom is -0.340 e. The summed E-state index contributed by atoms with van der Waals surface area (Å²) in [7, 11) is 0. The molecule has 0 bridgehead atoms. The minimum absolute atomic E-state index is 0.0530. The van der Waals surface area contributed by atoms with Gasteiger partial charge in [-0.2, -0.15) is 0 Å². The molecule has 2 N–H and O–H groups in total. The number of hydrogen-bond acceptors (Lipinski definition) is 2. The van der Waals surface area contributed by atoms with Crippen LogP contribution in [0.4, 0.5) is 5.69 Å². The van der Waals surface area contributed by atoms with Gasteiger partial charge in [-0.1, -0.05) is 31.5 Å². The molecule has 2 amide bonds. The van der Waals surface area contributed by atoms with Crippen LogP contribution in [0.2, 0.25) is 5.02 Å². The second-order valence-corrected chi connectivity index (χ2v) is 6.93. The topological polar surface area (TPSA) is 58.2 Å². The number of hydrogen-bond donors (Lipinski definition) is 2. The van der Waals surface area contributed by atoms with Gasteiger partial charge in [0.15, 0.2) is 0 Å². The molecule has 0 aromatic heterocycles. The van der Waals surface area contributed by atoms with Crippen molar-refractivity contribution in [2.45, 2.75) is 33.7 Å². The van der Waals surface area contributed by atoms with Crippen LogP contribution in [0.1, 0.15) is 35.3 Å². The highest BCUT2D eigenvalue weighted by molar-refractivity contribution is 6.30. The molecule has 25 heavy (non-hydrogen) atoms. The molecule has 0 unspecified atom stereocenters. The highest BCUT2D eigenvalue weighted by Crippen LogP contribution is 2.16. The van der Waals surface area contributed by atoms with Crippen molar-refractivity contribution >= 4 is 29.1 Å². The quantitative estimate of drug-likeness (QED) is 0.834. The number of rotatable bonds is 5. The Bertz CT molecular complexity index is 770. The lowest BCUT2D eigenvalue weighted by Gasteiger charge is -2.22. The van der Waals surface area contributed by atoms with Crippen LogP contribution >= 0.6 is 11.6 Å². The molecule has 0 heterocycles. The Kier molecular flexibility index (Phi) is 6.21. The van der Waals surface area contributed by atoms with Crippen LogP contribution in [0.25, 0.3) is 0 Å². The summed E-state index contributed by atoms with van der Waals surface area (Å²) >= 11 is 5.84. The predicted octanol–water partition coefficient (Wildman–Crippen LogP) is 4.35. The van der Waals surface area contributed by atoms with E-state index in [1.807, 2.05) is 45.9 Å².